The fourth-order valence-corrected chi connectivity index (χ4v) is 2.60. The van der Waals surface area contributed by atoms with Crippen LogP contribution in [0.1, 0.15) is 37.3 Å². The van der Waals surface area contributed by atoms with Crippen LogP contribution in [0.2, 0.25) is 0 Å². The lowest BCUT2D eigenvalue weighted by atomic mass is 9.90. The van der Waals surface area contributed by atoms with Gasteiger partial charge in [-0.25, -0.2) is 4.39 Å². The van der Waals surface area contributed by atoms with Crippen molar-refractivity contribution in [2.45, 2.75) is 32.6 Å². The predicted molar refractivity (Wildman–Crippen MR) is 70.3 cm³/mol. The Morgan fingerprint density at radius 2 is 2.13 bits per heavy atom. The quantitative estimate of drug-likeness (QED) is 0.702. The molecule has 0 N–H and O–H groups in total. The first-order valence-electron chi connectivity index (χ1n) is 5.38. The molecule has 0 fully saturated rings. The van der Waals surface area contributed by atoms with Crippen LogP contribution in [-0.4, -0.2) is 0 Å². The summed E-state index contributed by atoms with van der Waals surface area (Å²) in [5.41, 5.74) is 3.45. The minimum absolute atomic E-state index is 0.0140. The molecule has 80 valence electrons. The van der Waals surface area contributed by atoms with E-state index in [-0.39, 0.29) is 5.82 Å². The van der Waals surface area contributed by atoms with Crippen LogP contribution in [0.25, 0.3) is 6.08 Å². The third-order valence-electron chi connectivity index (χ3n) is 2.86. The molecule has 0 amide bonds. The lowest BCUT2D eigenvalue weighted by Gasteiger charge is -2.17. The topological polar surface area (TPSA) is 0 Å². The van der Waals surface area contributed by atoms with Crippen LogP contribution in [0.5, 0.6) is 0 Å². The van der Waals surface area contributed by atoms with Gasteiger partial charge in [-0.05, 0) is 59.0 Å². The Labute approximate surface area is 104 Å². The van der Waals surface area contributed by atoms with E-state index in [0.29, 0.717) is 0 Å². The largest absolute Gasteiger partial charge is 0.206 e. The number of rotatable bonds is 2. The van der Waals surface area contributed by atoms with Gasteiger partial charge in [-0.2, -0.15) is 0 Å². The Bertz CT molecular complexity index is 407. The highest BCUT2D eigenvalue weighted by Crippen LogP contribution is 2.30. The highest BCUT2D eigenvalue weighted by molar-refractivity contribution is 14.1. The molecule has 2 rings (SSSR count). The van der Waals surface area contributed by atoms with Gasteiger partial charge < -0.3 is 0 Å². The first-order valence-corrected chi connectivity index (χ1v) is 6.46. The van der Waals surface area contributed by atoms with Crippen molar-refractivity contribution in [2.24, 2.45) is 0 Å². The van der Waals surface area contributed by atoms with Gasteiger partial charge in [-0.15, -0.1) is 0 Å². The molecule has 15 heavy (non-hydrogen) atoms. The van der Waals surface area contributed by atoms with Crippen molar-refractivity contribution in [3.05, 3.63) is 38.2 Å². The zero-order valence-electron chi connectivity index (χ0n) is 8.82. The van der Waals surface area contributed by atoms with E-state index in [1.165, 1.54) is 12.0 Å². The van der Waals surface area contributed by atoms with E-state index in [2.05, 4.69) is 35.6 Å². The molecule has 0 bridgehead atoms. The first kappa shape index (κ1) is 11.1. The van der Waals surface area contributed by atoms with Gasteiger partial charge in [-0.3, -0.25) is 0 Å². The molecule has 2 heteroatoms. The lowest BCUT2D eigenvalue weighted by Crippen LogP contribution is -2.03. The second kappa shape index (κ2) is 4.64. The van der Waals surface area contributed by atoms with Crippen molar-refractivity contribution in [3.63, 3.8) is 0 Å². The van der Waals surface area contributed by atoms with E-state index in [1.807, 2.05) is 12.1 Å². The summed E-state index contributed by atoms with van der Waals surface area (Å²) in [5, 5.41) is 0. The molecule has 0 atom stereocenters. The monoisotopic (exact) mass is 316 g/mol. The summed E-state index contributed by atoms with van der Waals surface area (Å²) in [6, 6.07) is 3.90. The van der Waals surface area contributed by atoms with E-state index < -0.39 is 0 Å². The molecule has 1 aromatic carbocycles. The summed E-state index contributed by atoms with van der Waals surface area (Å²) >= 11 is 2.06. The minimum Gasteiger partial charge on any atom is -0.206 e. The summed E-state index contributed by atoms with van der Waals surface area (Å²) in [4.78, 5) is 0. The third-order valence-corrected chi connectivity index (χ3v) is 3.69. The summed E-state index contributed by atoms with van der Waals surface area (Å²) in [6.07, 6.45) is 6.38. The number of halogens is 2. The molecule has 0 heterocycles. The van der Waals surface area contributed by atoms with E-state index in [0.717, 1.165) is 34.0 Å². The second-order valence-electron chi connectivity index (χ2n) is 3.98. The standard InChI is InChI=1S/C13H14FI/c1-2-3-9-4-6-11-10(8-9)5-7-12(15)13(11)14/h5,7-8H,2-4,6H2,1H3. The Balaban J connectivity index is 2.40. The molecule has 0 aromatic heterocycles. The van der Waals surface area contributed by atoms with E-state index in [9.17, 15) is 4.39 Å². The van der Waals surface area contributed by atoms with Gasteiger partial charge in [0, 0.05) is 3.57 Å². The Morgan fingerprint density at radius 1 is 1.33 bits per heavy atom. The van der Waals surface area contributed by atoms with Crippen LogP contribution in [0.4, 0.5) is 4.39 Å². The van der Waals surface area contributed by atoms with Gasteiger partial charge in [0.15, 0.2) is 0 Å². The van der Waals surface area contributed by atoms with Crippen molar-refractivity contribution in [2.75, 3.05) is 0 Å². The van der Waals surface area contributed by atoms with Crippen LogP contribution in [0.3, 0.4) is 0 Å². The fourth-order valence-electron chi connectivity index (χ4n) is 2.09. The maximum Gasteiger partial charge on any atom is 0.140 e. The lowest BCUT2D eigenvalue weighted by molar-refractivity contribution is 0.597. The number of hydrogen-bond donors (Lipinski definition) is 0. The van der Waals surface area contributed by atoms with Gasteiger partial charge in [-0.1, -0.05) is 31.1 Å². The molecule has 0 radical (unpaired) electrons. The zero-order valence-corrected chi connectivity index (χ0v) is 11.0. The number of allylic oxidation sites excluding steroid dienone is 1. The zero-order chi connectivity index (χ0) is 10.8. The van der Waals surface area contributed by atoms with Crippen LogP contribution in [-0.2, 0) is 6.42 Å². The summed E-state index contributed by atoms with van der Waals surface area (Å²) in [5.74, 6) is -0.0140. The average Bonchev–Trinajstić information content (AvgIpc) is 2.24. The molecule has 0 saturated heterocycles. The molecule has 0 saturated carbocycles. The third kappa shape index (κ3) is 2.25. The molecular weight excluding hydrogens is 302 g/mol. The Hall–Kier alpha value is -0.380. The van der Waals surface area contributed by atoms with Crippen molar-refractivity contribution < 1.29 is 4.39 Å². The molecule has 0 unspecified atom stereocenters. The van der Waals surface area contributed by atoms with Crippen molar-refractivity contribution in [1.29, 1.82) is 0 Å². The van der Waals surface area contributed by atoms with Crippen LogP contribution in [0.15, 0.2) is 17.7 Å². The highest BCUT2D eigenvalue weighted by Gasteiger charge is 2.15. The van der Waals surface area contributed by atoms with Gasteiger partial charge in [0.25, 0.3) is 0 Å². The summed E-state index contributed by atoms with van der Waals surface area (Å²) in [6.45, 7) is 2.19. The number of fused-ring (bicyclic) bond motifs is 1. The van der Waals surface area contributed by atoms with Gasteiger partial charge in [0.1, 0.15) is 5.82 Å². The van der Waals surface area contributed by atoms with E-state index in [4.69, 9.17) is 0 Å². The van der Waals surface area contributed by atoms with Crippen LogP contribution < -0.4 is 0 Å². The van der Waals surface area contributed by atoms with E-state index >= 15 is 0 Å². The van der Waals surface area contributed by atoms with Crippen molar-refractivity contribution in [1.82, 2.24) is 0 Å². The Kier molecular flexibility index (Phi) is 3.44. The van der Waals surface area contributed by atoms with Crippen LogP contribution in [0, 0.1) is 9.39 Å². The predicted octanol–water partition coefficient (Wildman–Crippen LogP) is 4.56. The molecule has 1 aromatic rings. The van der Waals surface area contributed by atoms with Gasteiger partial charge in [0.2, 0.25) is 0 Å². The summed E-state index contributed by atoms with van der Waals surface area (Å²) < 4.78 is 14.5. The van der Waals surface area contributed by atoms with Crippen LogP contribution >= 0.6 is 22.6 Å². The molecule has 0 nitrogen and oxygen atoms in total. The van der Waals surface area contributed by atoms with Crippen molar-refractivity contribution in [3.8, 4) is 0 Å². The average molecular weight is 316 g/mol. The molecule has 0 spiro atoms. The van der Waals surface area contributed by atoms with Gasteiger partial charge in [0.05, 0.1) is 0 Å². The maximum atomic E-state index is 13.8. The molecule has 0 aliphatic heterocycles. The summed E-state index contributed by atoms with van der Waals surface area (Å²) in [7, 11) is 0. The maximum absolute atomic E-state index is 13.8. The first-order chi connectivity index (χ1) is 7.22. The molecule has 1 aliphatic carbocycles. The van der Waals surface area contributed by atoms with E-state index in [1.54, 1.807) is 0 Å². The number of hydrogen-bond acceptors (Lipinski definition) is 0. The fraction of sp³-hybridized carbons (Fsp3) is 0.385. The second-order valence-corrected chi connectivity index (χ2v) is 5.14. The van der Waals surface area contributed by atoms with Crippen molar-refractivity contribution >= 4 is 28.7 Å². The van der Waals surface area contributed by atoms with Gasteiger partial charge >= 0.3 is 0 Å². The minimum atomic E-state index is -0.0140. The molecule has 1 aliphatic rings. The normalized spacial score (nSPS) is 14.7. The SMILES string of the molecule is CCCC1=Cc2ccc(I)c(F)c2CC1. The highest BCUT2D eigenvalue weighted by atomic mass is 127. The molecular formula is C13H14FI. The Morgan fingerprint density at radius 3 is 2.87 bits per heavy atom. The number of benzene rings is 1. The smallest absolute Gasteiger partial charge is 0.140 e.